The molecule has 1 aromatic carbocycles. The van der Waals surface area contributed by atoms with E-state index in [0.29, 0.717) is 4.88 Å². The van der Waals surface area contributed by atoms with Gasteiger partial charge in [-0.15, -0.1) is 11.3 Å². The summed E-state index contributed by atoms with van der Waals surface area (Å²) in [6.45, 7) is 0.557. The van der Waals surface area contributed by atoms with Crippen LogP contribution in [0.2, 0.25) is 0 Å². The van der Waals surface area contributed by atoms with Gasteiger partial charge in [-0.05, 0) is 42.9 Å². The molecule has 0 bridgehead atoms. The van der Waals surface area contributed by atoms with Crippen molar-refractivity contribution in [3.8, 4) is 0 Å². The van der Waals surface area contributed by atoms with Crippen LogP contribution in [-0.2, 0) is 27.5 Å². The fourth-order valence-corrected chi connectivity index (χ4v) is 6.73. The van der Waals surface area contributed by atoms with Crippen LogP contribution in [0.3, 0.4) is 0 Å². The summed E-state index contributed by atoms with van der Waals surface area (Å²) in [5, 5.41) is 0. The van der Waals surface area contributed by atoms with E-state index in [1.54, 1.807) is 0 Å². The smallest absolute Gasteiger partial charge is 0.279 e. The molecule has 1 aliphatic carbocycles. The topological polar surface area (TPSA) is 95.6 Å². The van der Waals surface area contributed by atoms with Gasteiger partial charge in [-0.2, -0.15) is 0 Å². The summed E-state index contributed by atoms with van der Waals surface area (Å²) in [4.78, 5) is 29.6. The SMILES string of the molecule is O=C(NNC(=O)C(c1ccccc1)N1CCS(=O)(=O)CC1)c1cc2c(s1)CCCCCC2. The molecule has 0 radical (unpaired) electrons. The van der Waals surface area contributed by atoms with E-state index in [2.05, 4.69) is 10.9 Å². The van der Waals surface area contributed by atoms with Gasteiger partial charge in [0.25, 0.3) is 11.8 Å². The van der Waals surface area contributed by atoms with Gasteiger partial charge in [0.2, 0.25) is 0 Å². The summed E-state index contributed by atoms with van der Waals surface area (Å²) >= 11 is 1.51. The first-order chi connectivity index (χ1) is 15.4. The van der Waals surface area contributed by atoms with Gasteiger partial charge in [0.05, 0.1) is 16.4 Å². The maximum atomic E-state index is 13.1. The number of hydrogen-bond acceptors (Lipinski definition) is 6. The van der Waals surface area contributed by atoms with E-state index >= 15 is 0 Å². The van der Waals surface area contributed by atoms with Crippen LogP contribution in [0.15, 0.2) is 36.4 Å². The Hall–Kier alpha value is -2.23. The third kappa shape index (κ3) is 5.57. The molecule has 7 nitrogen and oxygen atoms in total. The molecular formula is C23H29N3O4S2. The molecule has 1 aromatic heterocycles. The van der Waals surface area contributed by atoms with Crippen LogP contribution in [0.1, 0.15) is 57.4 Å². The van der Waals surface area contributed by atoms with E-state index in [4.69, 9.17) is 0 Å². The lowest BCUT2D eigenvalue weighted by Crippen LogP contribution is -2.51. The largest absolute Gasteiger partial charge is 0.286 e. The lowest BCUT2D eigenvalue weighted by Gasteiger charge is -2.33. The average Bonchev–Trinajstić information content (AvgIpc) is 3.16. The zero-order valence-corrected chi connectivity index (χ0v) is 19.6. The Labute approximate surface area is 193 Å². The molecule has 9 heteroatoms. The van der Waals surface area contributed by atoms with Crippen LogP contribution < -0.4 is 10.9 Å². The molecule has 4 rings (SSSR count). The van der Waals surface area contributed by atoms with E-state index in [1.807, 2.05) is 41.3 Å². The van der Waals surface area contributed by atoms with Crippen LogP contribution in [0.4, 0.5) is 0 Å². The Balaban J connectivity index is 1.44. The van der Waals surface area contributed by atoms with Crippen molar-refractivity contribution in [3.63, 3.8) is 0 Å². The second-order valence-corrected chi connectivity index (χ2v) is 11.9. The molecule has 1 aliphatic heterocycles. The van der Waals surface area contributed by atoms with Gasteiger partial charge >= 0.3 is 0 Å². The van der Waals surface area contributed by atoms with Gasteiger partial charge in [0, 0.05) is 18.0 Å². The van der Waals surface area contributed by atoms with Crippen LogP contribution in [0, 0.1) is 0 Å². The zero-order valence-electron chi connectivity index (χ0n) is 18.0. The zero-order chi connectivity index (χ0) is 22.6. The van der Waals surface area contributed by atoms with Crippen molar-refractivity contribution in [3.05, 3.63) is 57.3 Å². The highest BCUT2D eigenvalue weighted by molar-refractivity contribution is 7.91. The molecule has 0 saturated carbocycles. The summed E-state index contributed by atoms with van der Waals surface area (Å²) < 4.78 is 23.7. The highest BCUT2D eigenvalue weighted by atomic mass is 32.2. The van der Waals surface area contributed by atoms with Crippen molar-refractivity contribution in [2.45, 2.75) is 44.6 Å². The standard InChI is InChI=1S/C23H29N3O4S2/c27-22(20-16-18-10-4-1-2-7-11-19(18)31-20)24-25-23(28)21(17-8-5-3-6-9-17)26-12-14-32(29,30)15-13-26/h3,5-6,8-9,16,21H,1-2,4,7,10-15H2,(H,24,27)(H,25,28). The molecule has 0 spiro atoms. The number of aryl methyl sites for hydroxylation is 2. The molecule has 1 fully saturated rings. The number of nitrogens with one attached hydrogen (secondary N) is 2. The Bertz CT molecular complexity index is 1030. The number of rotatable bonds is 4. The summed E-state index contributed by atoms with van der Waals surface area (Å²) in [5.41, 5.74) is 7.17. The normalized spacial score (nSPS) is 19.8. The average molecular weight is 476 g/mol. The summed E-state index contributed by atoms with van der Waals surface area (Å²) in [6, 6.07) is 10.5. The van der Waals surface area contributed by atoms with Crippen molar-refractivity contribution in [1.82, 2.24) is 15.8 Å². The number of thiophene rings is 1. The predicted octanol–water partition coefficient (Wildman–Crippen LogP) is 2.64. The highest BCUT2D eigenvalue weighted by Gasteiger charge is 2.32. The van der Waals surface area contributed by atoms with Crippen molar-refractivity contribution in [2.75, 3.05) is 24.6 Å². The number of amides is 2. The molecular weight excluding hydrogens is 446 g/mol. The van der Waals surface area contributed by atoms with Gasteiger partial charge in [-0.25, -0.2) is 8.42 Å². The maximum Gasteiger partial charge on any atom is 0.279 e. The van der Waals surface area contributed by atoms with Crippen LogP contribution in [0.25, 0.3) is 0 Å². The number of fused-ring (bicyclic) bond motifs is 1. The number of carbonyl (C=O) groups is 2. The molecule has 2 heterocycles. The second-order valence-electron chi connectivity index (χ2n) is 8.42. The maximum absolute atomic E-state index is 13.1. The Morgan fingerprint density at radius 3 is 2.34 bits per heavy atom. The first-order valence-electron chi connectivity index (χ1n) is 11.1. The Morgan fingerprint density at radius 2 is 1.62 bits per heavy atom. The predicted molar refractivity (Wildman–Crippen MR) is 125 cm³/mol. The third-order valence-electron chi connectivity index (χ3n) is 6.13. The van der Waals surface area contributed by atoms with E-state index in [1.165, 1.54) is 34.6 Å². The second kappa shape index (κ2) is 10.1. The van der Waals surface area contributed by atoms with E-state index in [-0.39, 0.29) is 36.4 Å². The van der Waals surface area contributed by atoms with Gasteiger partial charge < -0.3 is 0 Å². The van der Waals surface area contributed by atoms with E-state index in [9.17, 15) is 18.0 Å². The van der Waals surface area contributed by atoms with Crippen molar-refractivity contribution in [1.29, 1.82) is 0 Å². The minimum Gasteiger partial charge on any atom is -0.286 e. The van der Waals surface area contributed by atoms with Crippen LogP contribution in [-0.4, -0.2) is 49.7 Å². The molecule has 2 amide bonds. The number of hydrazine groups is 1. The summed E-state index contributed by atoms with van der Waals surface area (Å²) in [6.07, 6.45) is 6.76. The number of nitrogens with zero attached hydrogens (tertiary/aromatic N) is 1. The Kier molecular flexibility index (Phi) is 7.27. The van der Waals surface area contributed by atoms with Gasteiger partial charge in [-0.3, -0.25) is 25.3 Å². The highest BCUT2D eigenvalue weighted by Crippen LogP contribution is 2.28. The molecule has 2 N–H and O–H groups in total. The fraction of sp³-hybridized carbons (Fsp3) is 0.478. The summed E-state index contributed by atoms with van der Waals surface area (Å²) in [5.74, 6) is -0.644. The molecule has 172 valence electrons. The lowest BCUT2D eigenvalue weighted by atomic mass is 10.00. The lowest BCUT2D eigenvalue weighted by molar-refractivity contribution is -0.127. The number of carbonyl (C=O) groups excluding carboxylic acids is 2. The van der Waals surface area contributed by atoms with Crippen LogP contribution >= 0.6 is 11.3 Å². The minimum absolute atomic E-state index is 0.0245. The fourth-order valence-electron chi connectivity index (χ4n) is 4.35. The monoisotopic (exact) mass is 475 g/mol. The first kappa shape index (κ1) is 22.9. The van der Waals surface area contributed by atoms with Crippen molar-refractivity contribution in [2.24, 2.45) is 0 Å². The Morgan fingerprint density at radius 1 is 0.938 bits per heavy atom. The van der Waals surface area contributed by atoms with Gasteiger partial charge in [0.15, 0.2) is 9.84 Å². The van der Waals surface area contributed by atoms with Gasteiger partial charge in [-0.1, -0.05) is 43.2 Å². The van der Waals surface area contributed by atoms with Crippen molar-refractivity contribution < 1.29 is 18.0 Å². The van der Waals surface area contributed by atoms with E-state index < -0.39 is 15.9 Å². The van der Waals surface area contributed by atoms with Gasteiger partial charge in [0.1, 0.15) is 6.04 Å². The molecule has 32 heavy (non-hydrogen) atoms. The minimum atomic E-state index is -3.07. The molecule has 1 saturated heterocycles. The number of hydrogen-bond donors (Lipinski definition) is 2. The van der Waals surface area contributed by atoms with Crippen molar-refractivity contribution >= 4 is 33.0 Å². The quantitative estimate of drug-likeness (QED) is 0.663. The molecule has 1 atom stereocenters. The number of benzene rings is 1. The molecule has 1 unspecified atom stereocenters. The number of sulfone groups is 1. The molecule has 2 aliphatic rings. The van der Waals surface area contributed by atoms with Crippen LogP contribution in [0.5, 0.6) is 0 Å². The summed E-state index contributed by atoms with van der Waals surface area (Å²) in [7, 11) is -3.07. The first-order valence-corrected chi connectivity index (χ1v) is 13.8. The molecule has 2 aromatic rings. The third-order valence-corrected chi connectivity index (χ3v) is 8.97. The van der Waals surface area contributed by atoms with E-state index in [0.717, 1.165) is 31.2 Å².